The first-order valence-electron chi connectivity index (χ1n) is 8.46. The van der Waals surface area contributed by atoms with Crippen LogP contribution in [-0.2, 0) is 9.59 Å². The van der Waals surface area contributed by atoms with Gasteiger partial charge in [-0.2, -0.15) is 0 Å². The zero-order valence-corrected chi connectivity index (χ0v) is 14.4. The summed E-state index contributed by atoms with van der Waals surface area (Å²) < 4.78 is 0. The van der Waals surface area contributed by atoms with Gasteiger partial charge in [-0.25, -0.2) is 0 Å². The van der Waals surface area contributed by atoms with Crippen LogP contribution < -0.4 is 10.2 Å². The van der Waals surface area contributed by atoms with Crippen LogP contribution in [0.5, 0.6) is 0 Å². The highest BCUT2D eigenvalue weighted by molar-refractivity contribution is 8.00. The van der Waals surface area contributed by atoms with Gasteiger partial charge in [-0.05, 0) is 30.9 Å². The Labute approximate surface area is 142 Å². The van der Waals surface area contributed by atoms with E-state index in [9.17, 15) is 9.59 Å². The molecule has 2 unspecified atom stereocenters. The van der Waals surface area contributed by atoms with Gasteiger partial charge >= 0.3 is 0 Å². The molecule has 3 rings (SSSR count). The number of hydrogen-bond acceptors (Lipinski definition) is 3. The fraction of sp³-hybridized carbons (Fsp3) is 0.556. The minimum absolute atomic E-state index is 0.0623. The third-order valence-electron chi connectivity index (χ3n) is 4.83. The molecule has 0 aromatic heterocycles. The molecule has 1 aromatic rings. The Kier molecular flexibility index (Phi) is 5.26. The lowest BCUT2D eigenvalue weighted by atomic mass is 9.86. The van der Waals surface area contributed by atoms with E-state index in [-0.39, 0.29) is 11.8 Å². The van der Waals surface area contributed by atoms with E-state index < -0.39 is 0 Å². The summed E-state index contributed by atoms with van der Waals surface area (Å²) in [7, 11) is 0. The second-order valence-electron chi connectivity index (χ2n) is 6.49. The van der Waals surface area contributed by atoms with E-state index in [1.165, 1.54) is 19.3 Å². The number of carbonyl (C=O) groups excluding carboxylic acids is 2. The van der Waals surface area contributed by atoms with Gasteiger partial charge in [-0.1, -0.05) is 31.9 Å². The Hall–Kier alpha value is -1.49. The lowest BCUT2D eigenvalue weighted by Gasteiger charge is -2.31. The van der Waals surface area contributed by atoms with Crippen LogP contribution in [0.25, 0.3) is 0 Å². The molecule has 2 aliphatic rings. The van der Waals surface area contributed by atoms with Gasteiger partial charge in [0.1, 0.15) is 0 Å². The SMILES string of the molecule is CC1CCCCC1NC(=O)CCN1C(=O)CSc2ccccc21. The van der Waals surface area contributed by atoms with Crippen molar-refractivity contribution in [1.29, 1.82) is 0 Å². The molecule has 0 radical (unpaired) electrons. The Morgan fingerprint density at radius 1 is 1.30 bits per heavy atom. The summed E-state index contributed by atoms with van der Waals surface area (Å²) >= 11 is 1.57. The number of hydrogen-bond donors (Lipinski definition) is 1. The van der Waals surface area contributed by atoms with Crippen LogP contribution in [0.2, 0.25) is 0 Å². The largest absolute Gasteiger partial charge is 0.353 e. The molecule has 4 nitrogen and oxygen atoms in total. The number of fused-ring (bicyclic) bond motifs is 1. The van der Waals surface area contributed by atoms with Crippen molar-refractivity contribution in [2.45, 2.75) is 50.0 Å². The Bertz CT molecular complexity index is 590. The molecule has 0 spiro atoms. The van der Waals surface area contributed by atoms with Gasteiger partial charge < -0.3 is 10.2 Å². The number of benzene rings is 1. The molecule has 5 heteroatoms. The van der Waals surface area contributed by atoms with Gasteiger partial charge in [-0.15, -0.1) is 11.8 Å². The van der Waals surface area contributed by atoms with Crippen molar-refractivity contribution in [3.8, 4) is 0 Å². The summed E-state index contributed by atoms with van der Waals surface area (Å²) in [5, 5.41) is 3.16. The average Bonchev–Trinajstić information content (AvgIpc) is 2.56. The first kappa shape index (κ1) is 16.4. The van der Waals surface area contributed by atoms with E-state index in [0.29, 0.717) is 30.7 Å². The molecule has 2 amide bonds. The quantitative estimate of drug-likeness (QED) is 0.921. The highest BCUT2D eigenvalue weighted by atomic mass is 32.2. The summed E-state index contributed by atoms with van der Waals surface area (Å²) in [5.74, 6) is 1.17. The van der Waals surface area contributed by atoms with E-state index >= 15 is 0 Å². The monoisotopic (exact) mass is 332 g/mol. The maximum atomic E-state index is 12.3. The van der Waals surface area contributed by atoms with Crippen LogP contribution in [0.15, 0.2) is 29.2 Å². The number of para-hydroxylation sites is 1. The van der Waals surface area contributed by atoms with Crippen molar-refractivity contribution in [3.63, 3.8) is 0 Å². The predicted octanol–water partition coefficient (Wildman–Crippen LogP) is 3.21. The molecule has 1 N–H and O–H groups in total. The normalized spacial score (nSPS) is 24.2. The first-order valence-corrected chi connectivity index (χ1v) is 9.45. The number of anilines is 1. The molecule has 1 saturated carbocycles. The van der Waals surface area contributed by atoms with Gasteiger partial charge in [-0.3, -0.25) is 9.59 Å². The Balaban J connectivity index is 1.57. The predicted molar refractivity (Wildman–Crippen MR) is 93.7 cm³/mol. The molecular weight excluding hydrogens is 308 g/mol. The minimum atomic E-state index is 0.0623. The van der Waals surface area contributed by atoms with Crippen molar-refractivity contribution >= 4 is 29.3 Å². The molecule has 1 heterocycles. The van der Waals surface area contributed by atoms with Gasteiger partial charge in [0.15, 0.2) is 0 Å². The first-order chi connectivity index (χ1) is 11.1. The lowest BCUT2D eigenvalue weighted by Crippen LogP contribution is -2.43. The van der Waals surface area contributed by atoms with Crippen molar-refractivity contribution in [2.24, 2.45) is 5.92 Å². The highest BCUT2D eigenvalue weighted by Gasteiger charge is 2.26. The molecule has 124 valence electrons. The maximum absolute atomic E-state index is 12.3. The number of amides is 2. The zero-order valence-electron chi connectivity index (χ0n) is 13.6. The molecular formula is C18H24N2O2S. The molecule has 1 aliphatic heterocycles. The molecule has 0 saturated heterocycles. The van der Waals surface area contributed by atoms with Gasteiger partial charge in [0.2, 0.25) is 11.8 Å². The smallest absolute Gasteiger partial charge is 0.237 e. The third kappa shape index (κ3) is 3.89. The van der Waals surface area contributed by atoms with E-state index in [2.05, 4.69) is 12.2 Å². The molecule has 1 aliphatic carbocycles. The second-order valence-corrected chi connectivity index (χ2v) is 7.50. The molecule has 1 aromatic carbocycles. The minimum Gasteiger partial charge on any atom is -0.353 e. The third-order valence-corrected chi connectivity index (χ3v) is 5.88. The lowest BCUT2D eigenvalue weighted by molar-refractivity contribution is -0.122. The summed E-state index contributed by atoms with van der Waals surface area (Å²) in [5.41, 5.74) is 0.938. The van der Waals surface area contributed by atoms with Crippen molar-refractivity contribution in [2.75, 3.05) is 17.2 Å². The zero-order chi connectivity index (χ0) is 16.2. The van der Waals surface area contributed by atoms with E-state index in [4.69, 9.17) is 0 Å². The van der Waals surface area contributed by atoms with Crippen LogP contribution in [0.1, 0.15) is 39.0 Å². The van der Waals surface area contributed by atoms with Gasteiger partial charge in [0.25, 0.3) is 0 Å². The molecule has 23 heavy (non-hydrogen) atoms. The van der Waals surface area contributed by atoms with Gasteiger partial charge in [0.05, 0.1) is 11.4 Å². The van der Waals surface area contributed by atoms with Crippen molar-refractivity contribution < 1.29 is 9.59 Å². The van der Waals surface area contributed by atoms with E-state index in [0.717, 1.165) is 17.0 Å². The molecule has 2 atom stereocenters. The van der Waals surface area contributed by atoms with E-state index in [1.807, 2.05) is 24.3 Å². The van der Waals surface area contributed by atoms with Crippen LogP contribution in [0, 0.1) is 5.92 Å². The van der Waals surface area contributed by atoms with Crippen molar-refractivity contribution in [3.05, 3.63) is 24.3 Å². The summed E-state index contributed by atoms with van der Waals surface area (Å²) in [4.78, 5) is 27.3. The van der Waals surface area contributed by atoms with Gasteiger partial charge in [0, 0.05) is 23.9 Å². The number of thioether (sulfide) groups is 1. The molecule has 1 fully saturated rings. The average molecular weight is 332 g/mol. The second kappa shape index (κ2) is 7.39. The van der Waals surface area contributed by atoms with Crippen LogP contribution >= 0.6 is 11.8 Å². The Morgan fingerprint density at radius 3 is 2.91 bits per heavy atom. The van der Waals surface area contributed by atoms with Crippen molar-refractivity contribution in [1.82, 2.24) is 5.32 Å². The fourth-order valence-electron chi connectivity index (χ4n) is 3.42. The number of nitrogens with zero attached hydrogens (tertiary/aromatic N) is 1. The molecule has 0 bridgehead atoms. The summed E-state index contributed by atoms with van der Waals surface area (Å²) in [6.45, 7) is 2.68. The fourth-order valence-corrected chi connectivity index (χ4v) is 4.36. The number of rotatable bonds is 4. The highest BCUT2D eigenvalue weighted by Crippen LogP contribution is 2.34. The van der Waals surface area contributed by atoms with Crippen LogP contribution in [0.3, 0.4) is 0 Å². The van der Waals surface area contributed by atoms with Crippen LogP contribution in [-0.4, -0.2) is 30.2 Å². The van der Waals surface area contributed by atoms with E-state index in [1.54, 1.807) is 16.7 Å². The maximum Gasteiger partial charge on any atom is 0.237 e. The van der Waals surface area contributed by atoms with Crippen LogP contribution in [0.4, 0.5) is 5.69 Å². The Morgan fingerprint density at radius 2 is 2.09 bits per heavy atom. The number of carbonyl (C=O) groups is 2. The number of nitrogens with one attached hydrogen (secondary N) is 1. The topological polar surface area (TPSA) is 49.4 Å². The summed E-state index contributed by atoms with van der Waals surface area (Å²) in [6, 6.07) is 8.21. The summed E-state index contributed by atoms with van der Waals surface area (Å²) in [6.07, 6.45) is 5.11. The standard InChI is InChI=1S/C18H24N2O2S/c1-13-6-2-3-7-14(13)19-17(21)10-11-20-15-8-4-5-9-16(15)23-12-18(20)22/h4-5,8-9,13-14H,2-3,6-7,10-12H2,1H3,(H,19,21).